The van der Waals surface area contributed by atoms with Gasteiger partial charge in [-0.15, -0.1) is 0 Å². The van der Waals surface area contributed by atoms with Crippen LogP contribution in [0, 0.1) is 5.82 Å². The number of carbonyl (C=O) groups excluding carboxylic acids is 1. The fourth-order valence-electron chi connectivity index (χ4n) is 2.45. The number of benzene rings is 1. The van der Waals surface area contributed by atoms with Crippen molar-refractivity contribution in [3.8, 4) is 11.3 Å². The number of rotatable bonds is 4. The van der Waals surface area contributed by atoms with Gasteiger partial charge < -0.3 is 4.74 Å². The summed E-state index contributed by atoms with van der Waals surface area (Å²) in [6.45, 7) is 3.05. The Morgan fingerprint density at radius 2 is 1.85 bits per heavy atom. The molecule has 0 saturated carbocycles. The van der Waals surface area contributed by atoms with Crippen LogP contribution in [0.15, 0.2) is 12.1 Å². The second-order valence-corrected chi connectivity index (χ2v) is 6.21. The Morgan fingerprint density at radius 1 is 1.26 bits per heavy atom. The summed E-state index contributed by atoms with van der Waals surface area (Å²) in [5.74, 6) is -2.20. The Bertz CT molecular complexity index is 877. The lowest BCUT2D eigenvalue weighted by molar-refractivity contribution is -0.145. The summed E-state index contributed by atoms with van der Waals surface area (Å²) >= 11 is 5.78. The Labute approximate surface area is 154 Å². The minimum absolute atomic E-state index is 0.191. The number of aromatic nitrogens is 2. The molecule has 0 unspecified atom stereocenters. The second kappa shape index (κ2) is 7.41. The zero-order valence-electron chi connectivity index (χ0n) is 14.2. The number of aryl methyl sites for hydroxylation is 1. The zero-order valence-corrected chi connectivity index (χ0v) is 14.9. The van der Waals surface area contributed by atoms with Gasteiger partial charge in [0, 0.05) is 12.6 Å². The van der Waals surface area contributed by atoms with Gasteiger partial charge in [-0.3, -0.25) is 4.68 Å². The molecule has 148 valence electrons. The van der Waals surface area contributed by atoms with E-state index in [2.05, 4.69) is 5.10 Å². The Kier molecular flexibility index (Phi) is 5.79. The summed E-state index contributed by atoms with van der Waals surface area (Å²) in [6.07, 6.45) is -9.30. The molecule has 27 heavy (non-hydrogen) atoms. The molecule has 4 nitrogen and oxygen atoms in total. The van der Waals surface area contributed by atoms with Gasteiger partial charge in [0.05, 0.1) is 22.3 Å². The van der Waals surface area contributed by atoms with Crippen LogP contribution >= 0.6 is 11.6 Å². The lowest BCUT2D eigenvalue weighted by Gasteiger charge is -2.12. The molecular formula is C16H13ClF6N2O2. The molecule has 1 aromatic carbocycles. The predicted molar refractivity (Wildman–Crippen MR) is 84.1 cm³/mol. The number of nitrogens with zero attached hydrogens (tertiary/aromatic N) is 2. The van der Waals surface area contributed by atoms with Gasteiger partial charge in [0.25, 0.3) is 6.43 Å². The Balaban J connectivity index is 2.74. The molecule has 0 radical (unpaired) electrons. The van der Waals surface area contributed by atoms with E-state index in [9.17, 15) is 31.1 Å². The Morgan fingerprint density at radius 3 is 2.33 bits per heavy atom. The van der Waals surface area contributed by atoms with Crippen LogP contribution in [-0.4, -0.2) is 21.9 Å². The van der Waals surface area contributed by atoms with Crippen LogP contribution in [-0.2, 0) is 18.0 Å². The summed E-state index contributed by atoms with van der Waals surface area (Å²) in [4.78, 5) is 12.0. The molecule has 1 aromatic heterocycles. The van der Waals surface area contributed by atoms with Crippen LogP contribution in [0.4, 0.5) is 26.3 Å². The minimum atomic E-state index is -5.14. The average Bonchev–Trinajstić information content (AvgIpc) is 2.83. The van der Waals surface area contributed by atoms with Crippen LogP contribution in [0.25, 0.3) is 11.3 Å². The molecule has 11 heteroatoms. The number of esters is 1. The van der Waals surface area contributed by atoms with E-state index in [0.717, 1.165) is 13.1 Å². The van der Waals surface area contributed by atoms with Gasteiger partial charge in [-0.1, -0.05) is 11.6 Å². The first-order chi connectivity index (χ1) is 12.3. The quantitative estimate of drug-likeness (QED) is 0.497. The highest BCUT2D eigenvalue weighted by Crippen LogP contribution is 2.42. The number of carbonyl (C=O) groups is 1. The van der Waals surface area contributed by atoms with Crippen LogP contribution in [0.1, 0.15) is 41.9 Å². The van der Waals surface area contributed by atoms with E-state index in [-0.39, 0.29) is 15.3 Å². The third-order valence-corrected chi connectivity index (χ3v) is 3.76. The van der Waals surface area contributed by atoms with E-state index < -0.39 is 53.0 Å². The second-order valence-electron chi connectivity index (χ2n) is 5.80. The highest BCUT2D eigenvalue weighted by Gasteiger charge is 2.42. The monoisotopic (exact) mass is 414 g/mol. The number of hydrogen-bond acceptors (Lipinski definition) is 3. The lowest BCUT2D eigenvalue weighted by Crippen LogP contribution is -2.14. The van der Waals surface area contributed by atoms with Crippen molar-refractivity contribution >= 4 is 17.6 Å². The lowest BCUT2D eigenvalue weighted by atomic mass is 10.0. The SMILES string of the molecule is CC(C)OC(=O)c1cc(-c2nn(C)c(C(F)(F)F)c2C(F)F)c(F)cc1Cl. The van der Waals surface area contributed by atoms with E-state index in [1.54, 1.807) is 0 Å². The number of alkyl halides is 5. The first-order valence-electron chi connectivity index (χ1n) is 7.47. The van der Waals surface area contributed by atoms with E-state index >= 15 is 0 Å². The maximum Gasteiger partial charge on any atom is 0.433 e. The van der Waals surface area contributed by atoms with Gasteiger partial charge in [0.1, 0.15) is 11.5 Å². The summed E-state index contributed by atoms with van der Waals surface area (Å²) < 4.78 is 85.5. The van der Waals surface area contributed by atoms with Crippen molar-refractivity contribution in [2.75, 3.05) is 0 Å². The summed E-state index contributed by atoms with van der Waals surface area (Å²) in [7, 11) is 0.806. The van der Waals surface area contributed by atoms with Crippen molar-refractivity contribution < 1.29 is 35.9 Å². The third-order valence-electron chi connectivity index (χ3n) is 3.45. The van der Waals surface area contributed by atoms with E-state index in [0.29, 0.717) is 6.07 Å². The van der Waals surface area contributed by atoms with Crippen LogP contribution in [0.5, 0.6) is 0 Å². The fraction of sp³-hybridized carbons (Fsp3) is 0.375. The van der Waals surface area contributed by atoms with E-state index in [4.69, 9.17) is 16.3 Å². The smallest absolute Gasteiger partial charge is 0.433 e. The molecule has 2 aromatic rings. The van der Waals surface area contributed by atoms with Crippen LogP contribution in [0.2, 0.25) is 5.02 Å². The highest BCUT2D eigenvalue weighted by atomic mass is 35.5. The molecular weight excluding hydrogens is 402 g/mol. The summed E-state index contributed by atoms with van der Waals surface area (Å²) in [6, 6.07) is 1.38. The van der Waals surface area contributed by atoms with Crippen molar-refractivity contribution in [3.63, 3.8) is 0 Å². The molecule has 0 saturated heterocycles. The molecule has 0 aliphatic carbocycles. The van der Waals surface area contributed by atoms with Crippen LogP contribution < -0.4 is 0 Å². The molecule has 2 rings (SSSR count). The van der Waals surface area contributed by atoms with Gasteiger partial charge in [-0.25, -0.2) is 18.0 Å². The summed E-state index contributed by atoms with van der Waals surface area (Å²) in [5, 5.41) is 3.02. The predicted octanol–water partition coefficient (Wildman–Crippen LogP) is 5.40. The van der Waals surface area contributed by atoms with Gasteiger partial charge in [-0.05, 0) is 26.0 Å². The largest absolute Gasteiger partial charge is 0.459 e. The maximum absolute atomic E-state index is 14.3. The topological polar surface area (TPSA) is 44.1 Å². The molecule has 0 aliphatic rings. The van der Waals surface area contributed by atoms with E-state index in [1.165, 1.54) is 13.8 Å². The number of hydrogen-bond donors (Lipinski definition) is 0. The first-order valence-corrected chi connectivity index (χ1v) is 7.85. The van der Waals surface area contributed by atoms with Crippen molar-refractivity contribution in [1.82, 2.24) is 9.78 Å². The van der Waals surface area contributed by atoms with E-state index in [1.807, 2.05) is 0 Å². The Hall–Kier alpha value is -2.23. The van der Waals surface area contributed by atoms with Gasteiger partial charge in [0.2, 0.25) is 0 Å². The molecule has 1 heterocycles. The highest BCUT2D eigenvalue weighted by molar-refractivity contribution is 6.33. The molecule has 0 N–H and O–H groups in total. The molecule has 0 bridgehead atoms. The first kappa shape index (κ1) is 21.1. The van der Waals surface area contributed by atoms with Crippen molar-refractivity contribution in [1.29, 1.82) is 0 Å². The minimum Gasteiger partial charge on any atom is -0.459 e. The van der Waals surface area contributed by atoms with Crippen molar-refractivity contribution in [2.45, 2.75) is 32.6 Å². The van der Waals surface area contributed by atoms with Gasteiger partial charge in [0.15, 0.2) is 5.69 Å². The molecule has 0 amide bonds. The molecule has 0 fully saturated rings. The number of halogens is 7. The molecule has 0 aliphatic heterocycles. The average molecular weight is 415 g/mol. The number of ether oxygens (including phenoxy) is 1. The molecule has 0 spiro atoms. The summed E-state index contributed by atoms with van der Waals surface area (Å²) in [5.41, 5.74) is -5.26. The van der Waals surface area contributed by atoms with Crippen molar-refractivity contribution in [2.24, 2.45) is 7.05 Å². The third kappa shape index (κ3) is 4.20. The van der Waals surface area contributed by atoms with Gasteiger partial charge >= 0.3 is 12.1 Å². The normalized spacial score (nSPS) is 12.1. The maximum atomic E-state index is 14.3. The van der Waals surface area contributed by atoms with Crippen LogP contribution in [0.3, 0.4) is 0 Å². The van der Waals surface area contributed by atoms with Gasteiger partial charge in [-0.2, -0.15) is 18.3 Å². The molecule has 0 atom stereocenters. The van der Waals surface area contributed by atoms with Crippen molar-refractivity contribution in [3.05, 3.63) is 39.8 Å². The standard InChI is InChI=1S/C16H13ClF6N2O2/c1-6(2)27-15(26)7-4-8(10(18)5-9(7)17)12-11(14(19)20)13(16(21,22)23)25(3)24-12/h4-6,14H,1-3H3. The fourth-order valence-corrected chi connectivity index (χ4v) is 2.67. The zero-order chi connectivity index (χ0) is 20.7.